The molecule has 0 bridgehead atoms. The van der Waals surface area contributed by atoms with E-state index in [1.165, 1.54) is 12.1 Å². The highest BCUT2D eigenvalue weighted by molar-refractivity contribution is 5.69. The number of ether oxygens (including phenoxy) is 1. The summed E-state index contributed by atoms with van der Waals surface area (Å²) in [5.41, 5.74) is 3.49. The van der Waals surface area contributed by atoms with Crippen molar-refractivity contribution >= 4 is 12.2 Å². The van der Waals surface area contributed by atoms with E-state index in [0.29, 0.717) is 11.4 Å². The van der Waals surface area contributed by atoms with E-state index in [2.05, 4.69) is 10.1 Å². The van der Waals surface area contributed by atoms with E-state index >= 15 is 0 Å². The van der Waals surface area contributed by atoms with Gasteiger partial charge < -0.3 is 9.30 Å². The number of rotatable bonds is 5. The monoisotopic (exact) mass is 447 g/mol. The van der Waals surface area contributed by atoms with Crippen LogP contribution in [0.25, 0.3) is 17.8 Å². The molecule has 0 spiro atoms. The zero-order valence-electron chi connectivity index (χ0n) is 18.4. The number of hydrogen-bond donors (Lipinski definition) is 0. The van der Waals surface area contributed by atoms with Crippen LogP contribution in [0.4, 0.5) is 8.78 Å². The molecule has 0 aliphatic carbocycles. The minimum absolute atomic E-state index is 0.110. The van der Waals surface area contributed by atoms with Gasteiger partial charge >= 0.3 is 0 Å². The number of imidazole rings is 1. The van der Waals surface area contributed by atoms with Crippen LogP contribution >= 0.6 is 0 Å². The van der Waals surface area contributed by atoms with Gasteiger partial charge in [-0.2, -0.15) is 5.10 Å². The van der Waals surface area contributed by atoms with E-state index in [4.69, 9.17) is 9.72 Å². The summed E-state index contributed by atoms with van der Waals surface area (Å²) in [4.78, 5) is 8.96. The Morgan fingerprint density at radius 3 is 2.73 bits per heavy atom. The molecule has 0 radical (unpaired) electrons. The Hall–Kier alpha value is -3.81. The Morgan fingerprint density at radius 2 is 1.97 bits per heavy atom. The van der Waals surface area contributed by atoms with Crippen molar-refractivity contribution in [2.45, 2.75) is 32.2 Å². The summed E-state index contributed by atoms with van der Waals surface area (Å²) in [6.07, 6.45) is 9.19. The third-order valence-corrected chi connectivity index (χ3v) is 5.86. The fourth-order valence-corrected chi connectivity index (χ4v) is 4.22. The van der Waals surface area contributed by atoms with Crippen LogP contribution in [0, 0.1) is 18.6 Å². The van der Waals surface area contributed by atoms with Gasteiger partial charge in [0.25, 0.3) is 0 Å². The van der Waals surface area contributed by atoms with Gasteiger partial charge in [-0.05, 0) is 61.2 Å². The lowest BCUT2D eigenvalue weighted by Crippen LogP contribution is -2.18. The molecule has 0 saturated carbocycles. The molecule has 0 N–H and O–H groups in total. The second-order valence-corrected chi connectivity index (χ2v) is 8.11. The standard InChI is InChI=1S/C25H23F2N5O/c1-16-14-31(15-28-16)22-9-5-17(12-23(22)33-2)6-10-24-29-25-19(4-3-11-32(25)30-24)18-7-8-20(26)21(27)13-18/h5-10,12-15,19H,3-4,11H2,1-2H3/t19-/m0/s1. The molecule has 0 unspecified atom stereocenters. The fraction of sp³-hybridized carbons (Fsp3) is 0.240. The van der Waals surface area contributed by atoms with E-state index < -0.39 is 11.6 Å². The molecule has 1 aliphatic rings. The Kier molecular flexibility index (Phi) is 5.50. The fourth-order valence-electron chi connectivity index (χ4n) is 4.22. The average Bonchev–Trinajstić information content (AvgIpc) is 3.45. The van der Waals surface area contributed by atoms with Crippen LogP contribution in [0.1, 0.15) is 47.2 Å². The topological polar surface area (TPSA) is 57.8 Å². The third kappa shape index (κ3) is 4.16. The highest BCUT2D eigenvalue weighted by Crippen LogP contribution is 2.33. The number of methoxy groups -OCH3 is 1. The molecule has 4 aromatic rings. The van der Waals surface area contributed by atoms with E-state index in [1.807, 2.05) is 52.7 Å². The third-order valence-electron chi connectivity index (χ3n) is 5.86. The lowest BCUT2D eigenvalue weighted by Gasteiger charge is -2.22. The van der Waals surface area contributed by atoms with Crippen molar-refractivity contribution in [1.82, 2.24) is 24.3 Å². The van der Waals surface area contributed by atoms with Crippen LogP contribution < -0.4 is 4.74 Å². The molecular weight excluding hydrogens is 424 g/mol. The average molecular weight is 447 g/mol. The molecule has 33 heavy (non-hydrogen) atoms. The van der Waals surface area contributed by atoms with E-state index in [1.54, 1.807) is 19.5 Å². The second kappa shape index (κ2) is 8.61. The lowest BCUT2D eigenvalue weighted by molar-refractivity contribution is 0.413. The van der Waals surface area contributed by atoms with Gasteiger partial charge in [0, 0.05) is 18.7 Å². The van der Waals surface area contributed by atoms with Gasteiger partial charge in [0.15, 0.2) is 17.5 Å². The largest absolute Gasteiger partial charge is 0.495 e. The van der Waals surface area contributed by atoms with E-state index in [0.717, 1.165) is 47.9 Å². The van der Waals surface area contributed by atoms with E-state index in [-0.39, 0.29) is 5.92 Å². The number of hydrogen-bond acceptors (Lipinski definition) is 4. The second-order valence-electron chi connectivity index (χ2n) is 8.11. The highest BCUT2D eigenvalue weighted by atomic mass is 19.2. The van der Waals surface area contributed by atoms with Crippen LogP contribution in [-0.4, -0.2) is 31.4 Å². The minimum Gasteiger partial charge on any atom is -0.495 e. The van der Waals surface area contributed by atoms with Gasteiger partial charge in [0.1, 0.15) is 11.6 Å². The number of benzene rings is 2. The molecule has 1 atom stereocenters. The highest BCUT2D eigenvalue weighted by Gasteiger charge is 2.26. The summed E-state index contributed by atoms with van der Waals surface area (Å²) in [6, 6.07) is 9.96. The molecule has 0 fully saturated rings. The normalized spacial score (nSPS) is 15.7. The minimum atomic E-state index is -0.843. The van der Waals surface area contributed by atoms with Crippen LogP contribution in [-0.2, 0) is 6.54 Å². The van der Waals surface area contributed by atoms with Crippen LogP contribution in [0.2, 0.25) is 0 Å². The Bertz CT molecular complexity index is 1340. The van der Waals surface area contributed by atoms with Gasteiger partial charge in [-0.15, -0.1) is 0 Å². The van der Waals surface area contributed by atoms with Crippen LogP contribution in [0.15, 0.2) is 48.9 Å². The lowest BCUT2D eigenvalue weighted by atomic mass is 9.91. The number of fused-ring (bicyclic) bond motifs is 1. The van der Waals surface area contributed by atoms with Gasteiger partial charge in [0.05, 0.1) is 24.8 Å². The first-order valence-corrected chi connectivity index (χ1v) is 10.8. The summed E-state index contributed by atoms with van der Waals surface area (Å²) in [5, 5.41) is 4.60. The van der Waals surface area contributed by atoms with Crippen molar-refractivity contribution in [3.63, 3.8) is 0 Å². The van der Waals surface area contributed by atoms with Gasteiger partial charge in [-0.25, -0.2) is 23.4 Å². The van der Waals surface area contributed by atoms with Crippen molar-refractivity contribution in [2.24, 2.45) is 0 Å². The van der Waals surface area contributed by atoms with Crippen molar-refractivity contribution in [3.05, 3.63) is 89.0 Å². The summed E-state index contributed by atoms with van der Waals surface area (Å²) in [6.45, 7) is 2.69. The van der Waals surface area contributed by atoms with Crippen molar-refractivity contribution in [1.29, 1.82) is 0 Å². The number of aromatic nitrogens is 5. The van der Waals surface area contributed by atoms with Gasteiger partial charge in [-0.1, -0.05) is 18.2 Å². The molecule has 8 heteroatoms. The summed E-state index contributed by atoms with van der Waals surface area (Å²) in [5.74, 6) is 0.284. The Labute approximate surface area is 190 Å². The molecule has 168 valence electrons. The predicted molar refractivity (Wildman–Crippen MR) is 121 cm³/mol. The molecular formula is C25H23F2N5O. The maximum Gasteiger partial charge on any atom is 0.174 e. The molecule has 5 rings (SSSR count). The summed E-state index contributed by atoms with van der Waals surface area (Å²) >= 11 is 0. The molecule has 0 saturated heterocycles. The smallest absolute Gasteiger partial charge is 0.174 e. The quantitative estimate of drug-likeness (QED) is 0.424. The van der Waals surface area contributed by atoms with Crippen molar-refractivity contribution in [3.8, 4) is 11.4 Å². The summed E-state index contributed by atoms with van der Waals surface area (Å²) < 4.78 is 36.5. The first-order chi connectivity index (χ1) is 16.0. The molecule has 1 aliphatic heterocycles. The number of aryl methyl sites for hydroxylation is 2. The first-order valence-electron chi connectivity index (χ1n) is 10.8. The molecule has 2 aromatic heterocycles. The number of nitrogens with zero attached hydrogens (tertiary/aromatic N) is 5. The molecule has 3 heterocycles. The van der Waals surface area contributed by atoms with Gasteiger partial charge in [0.2, 0.25) is 0 Å². The Morgan fingerprint density at radius 1 is 1.09 bits per heavy atom. The zero-order chi connectivity index (χ0) is 22.9. The summed E-state index contributed by atoms with van der Waals surface area (Å²) in [7, 11) is 1.64. The van der Waals surface area contributed by atoms with Crippen LogP contribution in [0.5, 0.6) is 5.75 Å². The maximum atomic E-state index is 13.8. The SMILES string of the molecule is COc1cc(C=Cc2nc3n(n2)CCC[C@H]3c2ccc(F)c(F)c2)ccc1-n1cnc(C)c1. The molecule has 2 aromatic carbocycles. The molecule has 0 amide bonds. The Balaban J connectivity index is 1.41. The first kappa shape index (κ1) is 21.1. The predicted octanol–water partition coefficient (Wildman–Crippen LogP) is 5.16. The maximum absolute atomic E-state index is 13.8. The van der Waals surface area contributed by atoms with Crippen molar-refractivity contribution < 1.29 is 13.5 Å². The van der Waals surface area contributed by atoms with Crippen LogP contribution in [0.3, 0.4) is 0 Å². The molecule has 6 nitrogen and oxygen atoms in total. The van der Waals surface area contributed by atoms with E-state index in [9.17, 15) is 8.78 Å². The van der Waals surface area contributed by atoms with Crippen molar-refractivity contribution in [2.75, 3.05) is 7.11 Å². The number of halogens is 2. The zero-order valence-corrected chi connectivity index (χ0v) is 18.4. The van der Waals surface area contributed by atoms with Gasteiger partial charge in [-0.3, -0.25) is 0 Å².